The highest BCUT2D eigenvalue weighted by Crippen LogP contribution is 2.18. The molecule has 84 valence electrons. The second-order valence-electron chi connectivity index (χ2n) is 4.03. The second-order valence-corrected chi connectivity index (χ2v) is 4.03. The molecule has 2 aromatic rings. The summed E-state index contributed by atoms with van der Waals surface area (Å²) < 4.78 is 1.97. The number of nitrogens with one attached hydrogen (secondary N) is 1. The van der Waals surface area contributed by atoms with Crippen LogP contribution in [0.2, 0.25) is 0 Å². The molecule has 0 saturated heterocycles. The molecule has 1 N–H and O–H groups in total. The van der Waals surface area contributed by atoms with Gasteiger partial charge in [-0.3, -0.25) is 4.98 Å². The van der Waals surface area contributed by atoms with Crippen molar-refractivity contribution in [2.45, 2.75) is 20.8 Å². The first-order valence-corrected chi connectivity index (χ1v) is 5.27. The van der Waals surface area contributed by atoms with E-state index in [9.17, 15) is 0 Å². The number of pyridine rings is 1. The smallest absolute Gasteiger partial charge is 0.207 e. The van der Waals surface area contributed by atoms with Crippen molar-refractivity contribution in [2.75, 3.05) is 5.32 Å². The summed E-state index contributed by atoms with van der Waals surface area (Å²) in [5.74, 6) is 0.839. The minimum absolute atomic E-state index is 0.839. The predicted molar refractivity (Wildman–Crippen MR) is 64.9 cm³/mol. The molecular formula is C12H16N4. The molecular weight excluding hydrogens is 200 g/mol. The van der Waals surface area contributed by atoms with E-state index in [0.29, 0.717) is 0 Å². The summed E-state index contributed by atoms with van der Waals surface area (Å²) in [6, 6.07) is 4.02. The van der Waals surface area contributed by atoms with Crippen LogP contribution in [0.5, 0.6) is 0 Å². The average Bonchev–Trinajstić information content (AvgIpc) is 2.50. The van der Waals surface area contributed by atoms with E-state index < -0.39 is 0 Å². The molecule has 0 unspecified atom stereocenters. The lowest BCUT2D eigenvalue weighted by molar-refractivity contribution is 0.922. The van der Waals surface area contributed by atoms with Crippen molar-refractivity contribution in [1.29, 1.82) is 0 Å². The van der Waals surface area contributed by atoms with E-state index in [0.717, 1.165) is 28.7 Å². The first kappa shape index (κ1) is 10.7. The molecule has 4 nitrogen and oxygen atoms in total. The molecule has 4 heteroatoms. The highest BCUT2D eigenvalue weighted by molar-refractivity contribution is 5.56. The van der Waals surface area contributed by atoms with Gasteiger partial charge in [-0.05, 0) is 32.9 Å². The molecule has 0 fully saturated rings. The van der Waals surface area contributed by atoms with Gasteiger partial charge < -0.3 is 9.88 Å². The van der Waals surface area contributed by atoms with E-state index in [1.165, 1.54) is 0 Å². The van der Waals surface area contributed by atoms with E-state index in [-0.39, 0.29) is 0 Å². The van der Waals surface area contributed by atoms with Gasteiger partial charge in [0.15, 0.2) is 0 Å². The highest BCUT2D eigenvalue weighted by Gasteiger charge is 2.05. The van der Waals surface area contributed by atoms with Gasteiger partial charge in [0.1, 0.15) is 0 Å². The molecule has 0 saturated carbocycles. The third-order valence-electron chi connectivity index (χ3n) is 2.47. The number of rotatable bonds is 2. The molecule has 2 aromatic heterocycles. The zero-order valence-electron chi connectivity index (χ0n) is 10.1. The van der Waals surface area contributed by atoms with Crippen molar-refractivity contribution in [2.24, 2.45) is 7.05 Å². The van der Waals surface area contributed by atoms with Gasteiger partial charge in [-0.25, -0.2) is 4.98 Å². The third-order valence-corrected chi connectivity index (χ3v) is 2.47. The number of aromatic nitrogens is 3. The van der Waals surface area contributed by atoms with Crippen LogP contribution in [0.25, 0.3) is 0 Å². The van der Waals surface area contributed by atoms with Crippen LogP contribution in [0, 0.1) is 20.8 Å². The topological polar surface area (TPSA) is 42.7 Å². The first-order chi connectivity index (χ1) is 7.56. The van der Waals surface area contributed by atoms with Gasteiger partial charge in [-0.1, -0.05) is 0 Å². The van der Waals surface area contributed by atoms with Crippen LogP contribution >= 0.6 is 0 Å². The number of hydrogen-bond acceptors (Lipinski definition) is 3. The SMILES string of the molecule is Cc1ccc(Nc2nc(C)cn2C)c(C)n1. The molecule has 0 aromatic carbocycles. The van der Waals surface area contributed by atoms with Crippen LogP contribution in [0.1, 0.15) is 17.1 Å². The summed E-state index contributed by atoms with van der Waals surface area (Å²) in [4.78, 5) is 8.80. The Labute approximate surface area is 95.4 Å². The summed E-state index contributed by atoms with van der Waals surface area (Å²) >= 11 is 0. The largest absolute Gasteiger partial charge is 0.324 e. The third kappa shape index (κ3) is 2.05. The molecule has 0 aliphatic heterocycles. The van der Waals surface area contributed by atoms with Gasteiger partial charge in [0, 0.05) is 18.9 Å². The maximum atomic E-state index is 4.41. The molecule has 0 aliphatic carbocycles. The highest BCUT2D eigenvalue weighted by atomic mass is 15.2. The number of aryl methyl sites for hydroxylation is 4. The van der Waals surface area contributed by atoms with E-state index in [1.807, 2.05) is 50.7 Å². The Hall–Kier alpha value is -1.84. The Balaban J connectivity index is 2.30. The summed E-state index contributed by atoms with van der Waals surface area (Å²) in [7, 11) is 1.97. The van der Waals surface area contributed by atoms with Gasteiger partial charge in [-0.15, -0.1) is 0 Å². The Morgan fingerprint density at radius 3 is 2.38 bits per heavy atom. The predicted octanol–water partition coefficient (Wildman–Crippen LogP) is 2.48. The maximum Gasteiger partial charge on any atom is 0.207 e. The monoisotopic (exact) mass is 216 g/mol. The summed E-state index contributed by atoms with van der Waals surface area (Å²) in [6.07, 6.45) is 1.99. The molecule has 0 atom stereocenters. The fourth-order valence-corrected chi connectivity index (χ4v) is 1.67. The number of nitrogens with zero attached hydrogens (tertiary/aromatic N) is 3. The first-order valence-electron chi connectivity index (χ1n) is 5.27. The molecule has 0 spiro atoms. The lowest BCUT2D eigenvalue weighted by Crippen LogP contribution is -2.01. The Morgan fingerprint density at radius 1 is 1.06 bits per heavy atom. The van der Waals surface area contributed by atoms with Crippen molar-refractivity contribution >= 4 is 11.6 Å². The zero-order valence-corrected chi connectivity index (χ0v) is 10.1. The second kappa shape index (κ2) is 3.96. The van der Waals surface area contributed by atoms with Gasteiger partial charge in [0.25, 0.3) is 0 Å². The fourth-order valence-electron chi connectivity index (χ4n) is 1.67. The van der Waals surface area contributed by atoms with E-state index >= 15 is 0 Å². The van der Waals surface area contributed by atoms with E-state index in [4.69, 9.17) is 0 Å². The lowest BCUT2D eigenvalue weighted by Gasteiger charge is -2.08. The standard InChI is InChI=1S/C12H16N4/c1-8-5-6-11(10(3)13-8)15-12-14-9(2)7-16(12)4/h5-7H,1-4H3,(H,14,15). The summed E-state index contributed by atoms with van der Waals surface area (Å²) in [5.41, 5.74) is 4.02. The quantitative estimate of drug-likeness (QED) is 0.838. The van der Waals surface area contributed by atoms with E-state index in [1.54, 1.807) is 0 Å². The maximum absolute atomic E-state index is 4.41. The van der Waals surface area contributed by atoms with E-state index in [2.05, 4.69) is 15.3 Å². The molecule has 0 aliphatic rings. The van der Waals surface area contributed by atoms with Gasteiger partial charge >= 0.3 is 0 Å². The lowest BCUT2D eigenvalue weighted by atomic mass is 10.3. The van der Waals surface area contributed by atoms with Crippen molar-refractivity contribution < 1.29 is 0 Å². The zero-order chi connectivity index (χ0) is 11.7. The van der Waals surface area contributed by atoms with Crippen molar-refractivity contribution in [3.8, 4) is 0 Å². The number of imidazole rings is 1. The fraction of sp³-hybridized carbons (Fsp3) is 0.333. The van der Waals surface area contributed by atoms with Crippen LogP contribution in [0.15, 0.2) is 18.3 Å². The van der Waals surface area contributed by atoms with Crippen LogP contribution in [0.4, 0.5) is 11.6 Å². The molecule has 0 bridgehead atoms. The molecule has 0 amide bonds. The summed E-state index contributed by atoms with van der Waals surface area (Å²) in [5, 5.41) is 3.28. The van der Waals surface area contributed by atoms with Crippen LogP contribution in [0.3, 0.4) is 0 Å². The Morgan fingerprint density at radius 2 is 1.81 bits per heavy atom. The van der Waals surface area contributed by atoms with Gasteiger partial charge in [0.2, 0.25) is 5.95 Å². The minimum Gasteiger partial charge on any atom is -0.324 e. The van der Waals surface area contributed by atoms with Gasteiger partial charge in [0.05, 0.1) is 17.1 Å². The molecule has 0 radical (unpaired) electrons. The van der Waals surface area contributed by atoms with Crippen LogP contribution in [-0.2, 0) is 7.05 Å². The minimum atomic E-state index is 0.839. The van der Waals surface area contributed by atoms with Gasteiger partial charge in [-0.2, -0.15) is 0 Å². The number of anilines is 2. The van der Waals surface area contributed by atoms with Crippen molar-refractivity contribution in [1.82, 2.24) is 14.5 Å². The summed E-state index contributed by atoms with van der Waals surface area (Å²) in [6.45, 7) is 5.96. The average molecular weight is 216 g/mol. The number of hydrogen-bond donors (Lipinski definition) is 1. The molecule has 2 rings (SSSR count). The van der Waals surface area contributed by atoms with Crippen molar-refractivity contribution in [3.63, 3.8) is 0 Å². The molecule has 2 heterocycles. The van der Waals surface area contributed by atoms with Crippen LogP contribution in [-0.4, -0.2) is 14.5 Å². The molecule has 16 heavy (non-hydrogen) atoms. The normalized spacial score (nSPS) is 10.5. The van der Waals surface area contributed by atoms with Crippen LogP contribution < -0.4 is 5.32 Å². The Bertz CT molecular complexity index is 514. The van der Waals surface area contributed by atoms with Crippen molar-refractivity contribution in [3.05, 3.63) is 35.4 Å². The Kier molecular flexibility index (Phi) is 2.64.